The van der Waals surface area contributed by atoms with E-state index in [-0.39, 0.29) is 10.0 Å². The molecule has 0 saturated heterocycles. The maximum Gasteiger partial charge on any atom is 0.291 e. The molecule has 0 aliphatic rings. The number of hydrogen-bond donors (Lipinski definition) is 0. The van der Waals surface area contributed by atoms with E-state index in [1.165, 1.54) is 12.4 Å². The molecule has 0 spiro atoms. The van der Waals surface area contributed by atoms with Gasteiger partial charge in [0.2, 0.25) is 0 Å². The van der Waals surface area contributed by atoms with Crippen LogP contribution in [0.4, 0.5) is 0 Å². The van der Waals surface area contributed by atoms with Gasteiger partial charge in [0, 0.05) is 6.20 Å². The van der Waals surface area contributed by atoms with Crippen molar-refractivity contribution in [3.05, 3.63) is 50.4 Å². The topological polar surface area (TPSA) is 53.4 Å². The molecule has 110 valence electrons. The summed E-state index contributed by atoms with van der Waals surface area (Å²) in [5, 5.41) is 3.92. The Labute approximate surface area is 131 Å². The van der Waals surface area contributed by atoms with E-state index in [4.69, 9.17) is 32.7 Å². The minimum absolute atomic E-state index is 0.0803. The highest BCUT2D eigenvalue weighted by Crippen LogP contribution is 2.29. The van der Waals surface area contributed by atoms with Gasteiger partial charge in [-0.15, -0.1) is 0 Å². The van der Waals surface area contributed by atoms with Crippen molar-refractivity contribution in [1.82, 2.24) is 9.78 Å². The zero-order valence-corrected chi connectivity index (χ0v) is 12.9. The summed E-state index contributed by atoms with van der Waals surface area (Å²) in [6.07, 6.45) is 4.41. The molecule has 0 atom stereocenters. The maximum atomic E-state index is 11.9. The van der Waals surface area contributed by atoms with Gasteiger partial charge in [-0.25, -0.2) is 4.68 Å². The monoisotopic (exact) mass is 326 g/mol. The Balaban J connectivity index is 2.47. The van der Waals surface area contributed by atoms with Crippen LogP contribution in [-0.4, -0.2) is 24.0 Å². The zero-order valence-electron chi connectivity index (χ0n) is 11.3. The summed E-state index contributed by atoms with van der Waals surface area (Å²) in [7, 11) is 3.10. The maximum absolute atomic E-state index is 11.9. The van der Waals surface area contributed by atoms with Crippen LogP contribution in [0.5, 0.6) is 11.5 Å². The molecule has 1 aromatic carbocycles. The molecule has 2 aromatic rings. The molecule has 0 N–H and O–H groups in total. The predicted molar refractivity (Wildman–Crippen MR) is 83.3 cm³/mol. The van der Waals surface area contributed by atoms with E-state index in [2.05, 4.69) is 5.10 Å². The summed E-state index contributed by atoms with van der Waals surface area (Å²) < 4.78 is 11.6. The van der Waals surface area contributed by atoms with Crippen LogP contribution in [-0.2, 0) is 0 Å². The third kappa shape index (κ3) is 3.20. The summed E-state index contributed by atoms with van der Waals surface area (Å²) in [5.41, 5.74) is 0.177. The lowest BCUT2D eigenvalue weighted by atomic mass is 10.1. The highest BCUT2D eigenvalue weighted by molar-refractivity contribution is 6.41. The second-order valence-electron chi connectivity index (χ2n) is 3.95. The summed E-state index contributed by atoms with van der Waals surface area (Å²) in [4.78, 5) is 11.9. The SMILES string of the molecule is COc1cccc(OC)c1/C=C/n1ncc(Cl)c(Cl)c1=O. The number of rotatable bonds is 4. The van der Waals surface area contributed by atoms with Gasteiger partial charge in [0.05, 0.1) is 31.0 Å². The molecule has 5 nitrogen and oxygen atoms in total. The van der Waals surface area contributed by atoms with Crippen molar-refractivity contribution in [2.24, 2.45) is 0 Å². The van der Waals surface area contributed by atoms with Gasteiger partial charge in [-0.1, -0.05) is 29.3 Å². The molecule has 21 heavy (non-hydrogen) atoms. The zero-order chi connectivity index (χ0) is 15.4. The Hall–Kier alpha value is -1.98. The van der Waals surface area contributed by atoms with Crippen LogP contribution in [0.15, 0.2) is 29.2 Å². The molecule has 0 aliphatic carbocycles. The van der Waals surface area contributed by atoms with Gasteiger partial charge in [-0.05, 0) is 18.2 Å². The Morgan fingerprint density at radius 1 is 1.19 bits per heavy atom. The number of ether oxygens (including phenoxy) is 2. The van der Waals surface area contributed by atoms with Gasteiger partial charge < -0.3 is 9.47 Å². The van der Waals surface area contributed by atoms with Crippen molar-refractivity contribution >= 4 is 35.5 Å². The van der Waals surface area contributed by atoms with Crippen molar-refractivity contribution in [3.8, 4) is 11.5 Å². The fourth-order valence-corrected chi connectivity index (χ4v) is 1.98. The first kappa shape index (κ1) is 15.4. The van der Waals surface area contributed by atoms with Crippen LogP contribution in [0.3, 0.4) is 0 Å². The van der Waals surface area contributed by atoms with Crippen LogP contribution < -0.4 is 15.0 Å². The quantitative estimate of drug-likeness (QED) is 0.865. The molecule has 0 aliphatic heterocycles. The molecule has 7 heteroatoms. The Morgan fingerprint density at radius 2 is 1.81 bits per heavy atom. The van der Waals surface area contributed by atoms with E-state index >= 15 is 0 Å². The van der Waals surface area contributed by atoms with Crippen LogP contribution >= 0.6 is 23.2 Å². The Bertz CT molecular complexity index is 719. The van der Waals surface area contributed by atoms with Gasteiger partial charge in [-0.3, -0.25) is 4.79 Å². The molecule has 2 rings (SSSR count). The van der Waals surface area contributed by atoms with Gasteiger partial charge in [-0.2, -0.15) is 5.10 Å². The largest absolute Gasteiger partial charge is 0.496 e. The van der Waals surface area contributed by atoms with Gasteiger partial charge in [0.15, 0.2) is 0 Å². The number of aromatic nitrogens is 2. The van der Waals surface area contributed by atoms with Gasteiger partial charge in [0.1, 0.15) is 16.5 Å². The average molecular weight is 327 g/mol. The minimum Gasteiger partial charge on any atom is -0.496 e. The van der Waals surface area contributed by atoms with Crippen LogP contribution in [0.1, 0.15) is 5.56 Å². The summed E-state index contributed by atoms with van der Waals surface area (Å²) in [5.74, 6) is 1.22. The van der Waals surface area contributed by atoms with Crippen molar-refractivity contribution in [2.75, 3.05) is 14.2 Å². The predicted octanol–water partition coefficient (Wildman–Crippen LogP) is 3.20. The Morgan fingerprint density at radius 3 is 2.38 bits per heavy atom. The lowest BCUT2D eigenvalue weighted by Gasteiger charge is -2.09. The normalized spacial score (nSPS) is 10.9. The second-order valence-corrected chi connectivity index (χ2v) is 4.73. The molecule has 0 radical (unpaired) electrons. The molecule has 0 fully saturated rings. The van der Waals surface area contributed by atoms with E-state index in [1.807, 2.05) is 0 Å². The molecule has 1 heterocycles. The molecule has 0 saturated carbocycles. The fraction of sp³-hybridized carbons (Fsp3) is 0.143. The first-order valence-electron chi connectivity index (χ1n) is 5.90. The second kappa shape index (κ2) is 6.65. The van der Waals surface area contributed by atoms with Gasteiger partial charge >= 0.3 is 0 Å². The number of hydrogen-bond acceptors (Lipinski definition) is 4. The first-order chi connectivity index (χ1) is 10.1. The van der Waals surface area contributed by atoms with Crippen LogP contribution in [0.25, 0.3) is 12.3 Å². The lowest BCUT2D eigenvalue weighted by Crippen LogP contribution is -2.18. The highest BCUT2D eigenvalue weighted by Gasteiger charge is 2.08. The van der Waals surface area contributed by atoms with Crippen LogP contribution in [0.2, 0.25) is 10.0 Å². The number of halogens is 2. The fourth-order valence-electron chi connectivity index (χ4n) is 1.72. The molecule has 0 unspecified atom stereocenters. The molecule has 0 amide bonds. The molecule has 0 bridgehead atoms. The summed E-state index contributed by atoms with van der Waals surface area (Å²) in [6, 6.07) is 5.37. The minimum atomic E-state index is -0.505. The summed E-state index contributed by atoms with van der Waals surface area (Å²) in [6.45, 7) is 0. The first-order valence-corrected chi connectivity index (χ1v) is 6.66. The van der Waals surface area contributed by atoms with E-state index in [0.29, 0.717) is 17.1 Å². The number of nitrogens with zero attached hydrogens (tertiary/aromatic N) is 2. The van der Waals surface area contributed by atoms with E-state index in [1.54, 1.807) is 38.5 Å². The van der Waals surface area contributed by atoms with Gasteiger partial charge in [0.25, 0.3) is 5.56 Å². The van der Waals surface area contributed by atoms with Crippen molar-refractivity contribution < 1.29 is 9.47 Å². The smallest absolute Gasteiger partial charge is 0.291 e. The van der Waals surface area contributed by atoms with Crippen LogP contribution in [0, 0.1) is 0 Å². The molecular formula is C14H12Cl2N2O3. The highest BCUT2D eigenvalue weighted by atomic mass is 35.5. The van der Waals surface area contributed by atoms with Crippen molar-refractivity contribution in [2.45, 2.75) is 0 Å². The number of methoxy groups -OCH3 is 2. The summed E-state index contributed by atoms with van der Waals surface area (Å²) >= 11 is 11.5. The average Bonchev–Trinajstić information content (AvgIpc) is 2.51. The van der Waals surface area contributed by atoms with E-state index in [9.17, 15) is 4.79 Å². The lowest BCUT2D eigenvalue weighted by molar-refractivity contribution is 0.392. The Kier molecular flexibility index (Phi) is 4.88. The third-order valence-electron chi connectivity index (χ3n) is 2.75. The van der Waals surface area contributed by atoms with Crippen molar-refractivity contribution in [3.63, 3.8) is 0 Å². The van der Waals surface area contributed by atoms with E-state index < -0.39 is 5.56 Å². The third-order valence-corrected chi connectivity index (χ3v) is 3.50. The van der Waals surface area contributed by atoms with E-state index in [0.717, 1.165) is 4.68 Å². The number of benzene rings is 1. The molecular weight excluding hydrogens is 315 g/mol. The standard InChI is InChI=1S/C14H12Cl2N2O3/c1-20-11-4-3-5-12(21-2)9(11)6-7-18-14(19)13(16)10(15)8-17-18/h3-8H,1-2H3/b7-6+. The van der Waals surface area contributed by atoms with Crippen molar-refractivity contribution in [1.29, 1.82) is 0 Å². The molecule has 1 aromatic heterocycles.